The number of ether oxygens (including phenoxy) is 1. The van der Waals surface area contributed by atoms with Crippen LogP contribution in [0, 0.1) is 0 Å². The molecule has 0 saturated heterocycles. The number of benzene rings is 2. The van der Waals surface area contributed by atoms with Crippen molar-refractivity contribution in [2.45, 2.75) is 6.61 Å². The maximum atomic E-state index is 11.5. The van der Waals surface area contributed by atoms with Crippen molar-refractivity contribution in [3.63, 3.8) is 0 Å². The van der Waals surface area contributed by atoms with Crippen LogP contribution in [0.5, 0.6) is 5.75 Å². The van der Waals surface area contributed by atoms with Crippen molar-refractivity contribution in [1.29, 1.82) is 0 Å². The lowest BCUT2D eigenvalue weighted by molar-refractivity contribution is 0.155. The predicted molar refractivity (Wildman–Crippen MR) is 68.4 cm³/mol. The number of aromatic hydroxyl groups is 1. The molecule has 0 aliphatic carbocycles. The predicted octanol–water partition coefficient (Wildman–Crippen LogP) is 3.14. The van der Waals surface area contributed by atoms with E-state index in [0.717, 1.165) is 5.56 Å². The van der Waals surface area contributed by atoms with Gasteiger partial charge in [0.2, 0.25) is 0 Å². The maximum Gasteiger partial charge on any atom is 0.411 e. The summed E-state index contributed by atoms with van der Waals surface area (Å²) in [5.41, 5.74) is 1.50. The standard InChI is InChI=1S/C14H13NO3/c16-13-8-6-12(7-9-13)15-14(17)18-10-11-4-2-1-3-5-11/h1-9,16H,10H2,(H,15,17). The topological polar surface area (TPSA) is 58.6 Å². The molecule has 0 heterocycles. The minimum absolute atomic E-state index is 0.151. The smallest absolute Gasteiger partial charge is 0.411 e. The quantitative estimate of drug-likeness (QED) is 0.814. The van der Waals surface area contributed by atoms with E-state index in [4.69, 9.17) is 9.84 Å². The number of hydrogen-bond acceptors (Lipinski definition) is 3. The summed E-state index contributed by atoms with van der Waals surface area (Å²) in [5, 5.41) is 11.7. The van der Waals surface area contributed by atoms with E-state index in [1.165, 1.54) is 12.1 Å². The third-order valence-electron chi connectivity index (χ3n) is 2.33. The number of rotatable bonds is 3. The molecule has 2 rings (SSSR count). The molecule has 0 bridgehead atoms. The minimum Gasteiger partial charge on any atom is -0.508 e. The lowest BCUT2D eigenvalue weighted by atomic mass is 10.2. The number of nitrogens with one attached hydrogen (secondary N) is 1. The molecule has 4 nitrogen and oxygen atoms in total. The zero-order chi connectivity index (χ0) is 12.8. The van der Waals surface area contributed by atoms with Gasteiger partial charge in [0.05, 0.1) is 0 Å². The molecule has 0 spiro atoms. The van der Waals surface area contributed by atoms with Crippen molar-refractivity contribution >= 4 is 11.8 Å². The molecule has 4 heteroatoms. The zero-order valence-corrected chi connectivity index (χ0v) is 9.67. The van der Waals surface area contributed by atoms with Crippen LogP contribution in [0.2, 0.25) is 0 Å². The van der Waals surface area contributed by atoms with Crippen LogP contribution in [0.3, 0.4) is 0 Å². The van der Waals surface area contributed by atoms with Crippen LogP contribution in [0.4, 0.5) is 10.5 Å². The van der Waals surface area contributed by atoms with Gasteiger partial charge in [-0.15, -0.1) is 0 Å². The van der Waals surface area contributed by atoms with Gasteiger partial charge in [0.25, 0.3) is 0 Å². The number of phenolic OH excluding ortho intramolecular Hbond substituents is 1. The molecule has 0 radical (unpaired) electrons. The molecular weight excluding hydrogens is 230 g/mol. The van der Waals surface area contributed by atoms with E-state index in [2.05, 4.69) is 5.32 Å². The minimum atomic E-state index is -0.524. The number of amides is 1. The summed E-state index contributed by atoms with van der Waals surface area (Å²) in [5.74, 6) is 0.151. The summed E-state index contributed by atoms with van der Waals surface area (Å²) >= 11 is 0. The zero-order valence-electron chi connectivity index (χ0n) is 9.67. The number of carbonyl (C=O) groups is 1. The second-order valence-electron chi connectivity index (χ2n) is 3.73. The summed E-state index contributed by atoms with van der Waals surface area (Å²) in [6, 6.07) is 15.6. The highest BCUT2D eigenvalue weighted by Crippen LogP contribution is 2.14. The molecule has 0 aliphatic rings. The second-order valence-corrected chi connectivity index (χ2v) is 3.73. The van der Waals surface area contributed by atoms with Crippen molar-refractivity contribution in [3.8, 4) is 5.75 Å². The molecule has 0 aromatic heterocycles. The summed E-state index contributed by atoms with van der Waals surface area (Å²) in [7, 11) is 0. The lowest BCUT2D eigenvalue weighted by Crippen LogP contribution is -2.13. The number of anilines is 1. The summed E-state index contributed by atoms with van der Waals surface area (Å²) in [6.45, 7) is 0.227. The molecule has 2 aromatic rings. The number of hydrogen-bond donors (Lipinski definition) is 2. The molecule has 0 atom stereocenters. The fourth-order valence-corrected chi connectivity index (χ4v) is 1.42. The first-order valence-electron chi connectivity index (χ1n) is 5.51. The second kappa shape index (κ2) is 5.72. The molecule has 0 saturated carbocycles. The lowest BCUT2D eigenvalue weighted by Gasteiger charge is -2.07. The van der Waals surface area contributed by atoms with E-state index in [1.54, 1.807) is 12.1 Å². The maximum absolute atomic E-state index is 11.5. The Hall–Kier alpha value is -2.49. The van der Waals surface area contributed by atoms with E-state index in [9.17, 15) is 4.79 Å². The number of phenols is 1. The van der Waals surface area contributed by atoms with Crippen LogP contribution in [-0.2, 0) is 11.3 Å². The van der Waals surface area contributed by atoms with Gasteiger partial charge in [-0.05, 0) is 29.8 Å². The normalized spacial score (nSPS) is 9.78. The van der Waals surface area contributed by atoms with Crippen molar-refractivity contribution in [2.24, 2.45) is 0 Å². The SMILES string of the molecule is O=C(Nc1ccc(O)cc1)OCc1ccccc1. The molecular formula is C14H13NO3. The van der Waals surface area contributed by atoms with Gasteiger partial charge in [-0.3, -0.25) is 5.32 Å². The third-order valence-corrected chi connectivity index (χ3v) is 2.33. The Morgan fingerprint density at radius 1 is 1.06 bits per heavy atom. The van der Waals surface area contributed by atoms with Gasteiger partial charge in [-0.2, -0.15) is 0 Å². The van der Waals surface area contributed by atoms with Crippen LogP contribution in [0.1, 0.15) is 5.56 Å². The average molecular weight is 243 g/mol. The largest absolute Gasteiger partial charge is 0.508 e. The Morgan fingerprint density at radius 2 is 1.72 bits per heavy atom. The molecule has 18 heavy (non-hydrogen) atoms. The van der Waals surface area contributed by atoms with E-state index >= 15 is 0 Å². The first-order valence-corrected chi connectivity index (χ1v) is 5.51. The van der Waals surface area contributed by atoms with Crippen LogP contribution in [-0.4, -0.2) is 11.2 Å². The molecule has 2 aromatic carbocycles. The number of carbonyl (C=O) groups excluding carboxylic acids is 1. The molecule has 1 amide bonds. The first-order chi connectivity index (χ1) is 8.74. The highest BCUT2D eigenvalue weighted by Gasteiger charge is 2.03. The van der Waals surface area contributed by atoms with E-state index < -0.39 is 6.09 Å². The highest BCUT2D eigenvalue weighted by atomic mass is 16.5. The summed E-state index contributed by atoms with van der Waals surface area (Å²) in [4.78, 5) is 11.5. The highest BCUT2D eigenvalue weighted by molar-refractivity contribution is 5.84. The van der Waals surface area contributed by atoms with Gasteiger partial charge in [0.15, 0.2) is 0 Å². The van der Waals surface area contributed by atoms with Gasteiger partial charge in [-0.1, -0.05) is 30.3 Å². The van der Waals surface area contributed by atoms with Crippen LogP contribution >= 0.6 is 0 Å². The molecule has 0 unspecified atom stereocenters. The van der Waals surface area contributed by atoms with Crippen molar-refractivity contribution in [2.75, 3.05) is 5.32 Å². The Kier molecular flexibility index (Phi) is 3.81. The molecule has 0 fully saturated rings. The Morgan fingerprint density at radius 3 is 2.39 bits per heavy atom. The molecule has 92 valence electrons. The monoisotopic (exact) mass is 243 g/mol. The van der Waals surface area contributed by atoms with Crippen molar-refractivity contribution in [3.05, 3.63) is 60.2 Å². The van der Waals surface area contributed by atoms with E-state index in [-0.39, 0.29) is 12.4 Å². The Bertz CT molecular complexity index is 508. The molecule has 0 aliphatic heterocycles. The Labute approximate surface area is 105 Å². The van der Waals surface area contributed by atoms with Gasteiger partial charge in [0.1, 0.15) is 12.4 Å². The fourth-order valence-electron chi connectivity index (χ4n) is 1.42. The third kappa shape index (κ3) is 3.52. The van der Waals surface area contributed by atoms with Gasteiger partial charge in [0, 0.05) is 5.69 Å². The van der Waals surface area contributed by atoms with Crippen molar-refractivity contribution in [1.82, 2.24) is 0 Å². The fraction of sp³-hybridized carbons (Fsp3) is 0.0714. The van der Waals surface area contributed by atoms with Gasteiger partial charge < -0.3 is 9.84 Å². The Balaban J connectivity index is 1.84. The van der Waals surface area contributed by atoms with E-state index in [1.807, 2.05) is 30.3 Å². The van der Waals surface area contributed by atoms with Crippen LogP contribution in [0.25, 0.3) is 0 Å². The summed E-state index contributed by atoms with van der Waals surface area (Å²) in [6.07, 6.45) is -0.524. The summed E-state index contributed by atoms with van der Waals surface area (Å²) < 4.78 is 5.05. The van der Waals surface area contributed by atoms with Crippen molar-refractivity contribution < 1.29 is 14.6 Å². The molecule has 2 N–H and O–H groups in total. The van der Waals surface area contributed by atoms with E-state index in [0.29, 0.717) is 5.69 Å². The van der Waals surface area contributed by atoms with Gasteiger partial charge >= 0.3 is 6.09 Å². The average Bonchev–Trinajstić information content (AvgIpc) is 2.40. The van der Waals surface area contributed by atoms with Gasteiger partial charge in [-0.25, -0.2) is 4.79 Å². The van der Waals surface area contributed by atoms with Crippen LogP contribution < -0.4 is 5.32 Å². The first kappa shape index (κ1) is 12.0. The van der Waals surface area contributed by atoms with Crippen LogP contribution in [0.15, 0.2) is 54.6 Å².